The van der Waals surface area contributed by atoms with Crippen LogP contribution in [0.5, 0.6) is 0 Å². The number of fused-ring (bicyclic) bond motifs is 14. The summed E-state index contributed by atoms with van der Waals surface area (Å²) in [5, 5.41) is 2.25. The quantitative estimate of drug-likeness (QED) is 0.160. The summed E-state index contributed by atoms with van der Waals surface area (Å²) in [5.41, 5.74) is 24.5. The Balaban J connectivity index is 1.01. The van der Waals surface area contributed by atoms with Crippen molar-refractivity contribution in [2.45, 2.75) is 5.41 Å². The van der Waals surface area contributed by atoms with Gasteiger partial charge in [0, 0.05) is 33.0 Å². The highest BCUT2D eigenvalue weighted by Crippen LogP contribution is 2.65. The Morgan fingerprint density at radius 3 is 1.20 bits per heavy atom. The molecule has 0 bridgehead atoms. The predicted octanol–water partition coefficient (Wildman–Crippen LogP) is 18.4. The smallest absolute Gasteiger partial charge is 0.161 e. The van der Waals surface area contributed by atoms with Crippen molar-refractivity contribution in [1.29, 1.82) is 0 Å². The minimum absolute atomic E-state index is 0.620. The Morgan fingerprint density at radius 1 is 0.270 bits per heavy atom. The van der Waals surface area contributed by atoms with E-state index in [1.807, 2.05) is 0 Å². The topological polar surface area (TPSA) is 38.9 Å². The number of benzene rings is 11. The second-order valence-corrected chi connectivity index (χ2v) is 19.6. The highest BCUT2D eigenvalue weighted by Gasteiger charge is 2.53. The van der Waals surface area contributed by atoms with E-state index in [4.69, 9.17) is 14.4 Å². The first-order valence-corrected chi connectivity index (χ1v) is 25.4. The van der Waals surface area contributed by atoms with Gasteiger partial charge in [-0.3, -0.25) is 0 Å². The molecule has 0 N–H and O–H groups in total. The second-order valence-electron chi connectivity index (χ2n) is 19.6. The Hall–Kier alpha value is -9.70. The number of hydrogen-bond acceptors (Lipinski definition) is 3. The highest BCUT2D eigenvalue weighted by atomic mass is 16.3. The first kappa shape index (κ1) is 42.0. The zero-order valence-electron chi connectivity index (χ0n) is 40.2. The zero-order valence-corrected chi connectivity index (χ0v) is 40.2. The molecule has 0 aliphatic heterocycles. The maximum atomic E-state index is 6.86. The highest BCUT2D eigenvalue weighted by molar-refractivity contribution is 6.13. The van der Waals surface area contributed by atoms with Crippen LogP contribution in [0, 0.1) is 0 Å². The molecule has 2 aliphatic rings. The molecule has 3 nitrogen and oxygen atoms in total. The molecule has 1 atom stereocenters. The second kappa shape index (κ2) is 16.7. The summed E-state index contributed by atoms with van der Waals surface area (Å²) in [7, 11) is 0. The molecule has 2 aliphatic carbocycles. The van der Waals surface area contributed by atoms with E-state index < -0.39 is 5.41 Å². The van der Waals surface area contributed by atoms with Crippen molar-refractivity contribution < 1.29 is 4.42 Å². The largest absolute Gasteiger partial charge is 0.455 e. The summed E-state index contributed by atoms with van der Waals surface area (Å²) in [6.45, 7) is 0. The molecule has 74 heavy (non-hydrogen) atoms. The molecule has 0 saturated heterocycles. The van der Waals surface area contributed by atoms with Crippen LogP contribution in [0.2, 0.25) is 0 Å². The molecule has 1 unspecified atom stereocenters. The Labute approximate surface area is 429 Å². The van der Waals surface area contributed by atoms with Crippen molar-refractivity contribution in [3.8, 4) is 101 Å². The zero-order chi connectivity index (χ0) is 48.7. The molecule has 1 spiro atoms. The van der Waals surface area contributed by atoms with Gasteiger partial charge in [0.15, 0.2) is 5.82 Å². The minimum atomic E-state index is -0.620. The van der Waals surface area contributed by atoms with Gasteiger partial charge in [-0.1, -0.05) is 218 Å². The van der Waals surface area contributed by atoms with Crippen LogP contribution in [0.3, 0.4) is 0 Å². The van der Waals surface area contributed by atoms with Crippen LogP contribution in [0.4, 0.5) is 0 Å². The van der Waals surface area contributed by atoms with Gasteiger partial charge < -0.3 is 4.42 Å². The van der Waals surface area contributed by atoms with Gasteiger partial charge in [0.25, 0.3) is 0 Å². The lowest BCUT2D eigenvalue weighted by Crippen LogP contribution is -2.25. The van der Waals surface area contributed by atoms with E-state index in [-0.39, 0.29) is 0 Å². The number of para-hydroxylation sites is 1. The molecule has 11 aromatic carbocycles. The maximum Gasteiger partial charge on any atom is 0.161 e. The fourth-order valence-corrected chi connectivity index (χ4v) is 12.2. The Morgan fingerprint density at radius 2 is 0.676 bits per heavy atom. The summed E-state index contributed by atoms with van der Waals surface area (Å²) in [4.78, 5) is 11.4. The van der Waals surface area contributed by atoms with E-state index >= 15 is 0 Å². The van der Waals surface area contributed by atoms with Gasteiger partial charge in [-0.25, -0.2) is 9.97 Å². The van der Waals surface area contributed by atoms with E-state index in [1.165, 1.54) is 33.4 Å². The standard InChI is InChI=1S/C71H44N2O/c1-5-20-45(21-6-1)49-38-50(46-22-7-2-8-23-46)41-53(40-49)64-44-65(54-42-51(47-24-9-3-10-25-47)39-52(43-54)48-26-11-4-12-27-48)73-70(72-64)59-31-19-34-62-67(59)57-29-13-16-32-60(57)71(62)61-33-17-14-30-58(61)68-63(71)37-36-56-55-28-15-18-35-66(55)74-69(56)68/h1-44H. The fraction of sp³-hybridized carbons (Fsp3) is 0.0141. The molecule has 0 radical (unpaired) electrons. The van der Waals surface area contributed by atoms with E-state index in [2.05, 4.69) is 267 Å². The summed E-state index contributed by atoms with van der Waals surface area (Å²) in [6.07, 6.45) is 0. The third-order valence-corrected chi connectivity index (χ3v) is 15.5. The van der Waals surface area contributed by atoms with Crippen LogP contribution in [-0.4, -0.2) is 9.97 Å². The summed E-state index contributed by atoms with van der Waals surface area (Å²) in [5.74, 6) is 0.665. The Bertz CT molecular complexity index is 4090. The molecule has 2 heterocycles. The number of nitrogens with zero attached hydrogens (tertiary/aromatic N) is 2. The van der Waals surface area contributed by atoms with Crippen molar-refractivity contribution in [3.05, 3.63) is 289 Å². The van der Waals surface area contributed by atoms with E-state index in [0.717, 1.165) is 106 Å². The average Bonchev–Trinajstić information content (AvgIpc) is 4.18. The lowest BCUT2D eigenvalue weighted by atomic mass is 9.70. The number of furan rings is 1. The third kappa shape index (κ3) is 6.46. The van der Waals surface area contributed by atoms with E-state index in [9.17, 15) is 0 Å². The van der Waals surface area contributed by atoms with Crippen molar-refractivity contribution in [2.24, 2.45) is 0 Å². The molecule has 13 aromatic rings. The molecule has 3 heteroatoms. The van der Waals surface area contributed by atoms with Crippen LogP contribution in [-0.2, 0) is 5.41 Å². The molecular weight excluding hydrogens is 897 g/mol. The molecule has 0 amide bonds. The van der Waals surface area contributed by atoms with Crippen molar-refractivity contribution in [2.75, 3.05) is 0 Å². The first-order chi connectivity index (χ1) is 36.7. The minimum Gasteiger partial charge on any atom is -0.455 e. The predicted molar refractivity (Wildman–Crippen MR) is 304 cm³/mol. The van der Waals surface area contributed by atoms with Crippen LogP contribution in [0.15, 0.2) is 271 Å². The van der Waals surface area contributed by atoms with Crippen LogP contribution in [0.1, 0.15) is 22.3 Å². The third-order valence-electron chi connectivity index (χ3n) is 15.5. The van der Waals surface area contributed by atoms with Gasteiger partial charge in [-0.05, 0) is 132 Å². The molecular formula is C71H44N2O. The lowest BCUT2D eigenvalue weighted by molar-refractivity contribution is 0.669. The Kier molecular flexibility index (Phi) is 9.48. The summed E-state index contributed by atoms with van der Waals surface area (Å²) in [6, 6.07) is 96.3. The molecule has 0 saturated carbocycles. The van der Waals surface area contributed by atoms with Crippen LogP contribution >= 0.6 is 0 Å². The number of hydrogen-bond donors (Lipinski definition) is 0. The van der Waals surface area contributed by atoms with E-state index in [1.54, 1.807) is 0 Å². The van der Waals surface area contributed by atoms with Gasteiger partial charge in [0.05, 0.1) is 16.8 Å². The lowest BCUT2D eigenvalue weighted by Gasteiger charge is -2.30. The monoisotopic (exact) mass is 940 g/mol. The van der Waals surface area contributed by atoms with Gasteiger partial charge in [-0.2, -0.15) is 0 Å². The molecule has 0 fully saturated rings. The SMILES string of the molecule is c1ccc(-c2cc(-c3ccccc3)cc(-c3cc(-c4cc(-c5ccccc5)cc(-c5ccccc5)c4)nc(-c4cccc5c4-c4ccccc4C54c5ccccc5-c5c4ccc4c5oc5ccccc54)n3)c2)cc1. The molecule has 344 valence electrons. The van der Waals surface area contributed by atoms with Gasteiger partial charge >= 0.3 is 0 Å². The van der Waals surface area contributed by atoms with Crippen molar-refractivity contribution in [3.63, 3.8) is 0 Å². The van der Waals surface area contributed by atoms with Crippen LogP contribution < -0.4 is 0 Å². The first-order valence-electron chi connectivity index (χ1n) is 25.4. The number of rotatable bonds is 7. The van der Waals surface area contributed by atoms with Crippen molar-refractivity contribution in [1.82, 2.24) is 9.97 Å². The van der Waals surface area contributed by atoms with Gasteiger partial charge in [-0.15, -0.1) is 0 Å². The summed E-state index contributed by atoms with van der Waals surface area (Å²) < 4.78 is 6.86. The molecule has 2 aromatic heterocycles. The average molecular weight is 941 g/mol. The normalized spacial score (nSPS) is 14.0. The van der Waals surface area contributed by atoms with E-state index in [0.29, 0.717) is 5.82 Å². The molecule has 15 rings (SSSR count). The number of aromatic nitrogens is 2. The van der Waals surface area contributed by atoms with Crippen LogP contribution in [0.25, 0.3) is 123 Å². The van der Waals surface area contributed by atoms with Gasteiger partial charge in [0.2, 0.25) is 0 Å². The fourth-order valence-electron chi connectivity index (χ4n) is 12.2. The van der Waals surface area contributed by atoms with Crippen molar-refractivity contribution >= 4 is 21.9 Å². The van der Waals surface area contributed by atoms with Gasteiger partial charge in [0.1, 0.15) is 11.2 Å². The summed E-state index contributed by atoms with van der Waals surface area (Å²) >= 11 is 0. The maximum absolute atomic E-state index is 6.86.